The Morgan fingerprint density at radius 3 is 2.89 bits per heavy atom. The molecule has 0 bridgehead atoms. The van der Waals surface area contributed by atoms with Crippen molar-refractivity contribution in [3.8, 4) is 10.6 Å². The molecule has 5 heteroatoms. The van der Waals surface area contributed by atoms with Crippen LogP contribution in [0.25, 0.3) is 21.5 Å². The number of nitrogens with two attached hydrogens (primary N) is 1. The number of benzene rings is 1. The highest BCUT2D eigenvalue weighted by molar-refractivity contribution is 9.10. The number of halogens is 1. The lowest BCUT2D eigenvalue weighted by Crippen LogP contribution is -1.91. The third kappa shape index (κ3) is 1.94. The minimum atomic E-state index is 0.527. The van der Waals surface area contributed by atoms with Crippen LogP contribution >= 0.6 is 27.3 Å². The molecule has 0 aliphatic rings. The minimum absolute atomic E-state index is 0.527. The average Bonchev–Trinajstić information content (AvgIpc) is 2.88. The summed E-state index contributed by atoms with van der Waals surface area (Å²) < 4.78 is 1.05. The lowest BCUT2D eigenvalue weighted by molar-refractivity contribution is 1.10. The van der Waals surface area contributed by atoms with E-state index in [0.29, 0.717) is 6.54 Å². The molecule has 3 rings (SSSR count). The normalized spacial score (nSPS) is 11.0. The molecular weight excluding hydrogens is 310 g/mol. The Kier molecular flexibility index (Phi) is 3.11. The van der Waals surface area contributed by atoms with Gasteiger partial charge in [-0.1, -0.05) is 22.0 Å². The maximum atomic E-state index is 5.63. The minimum Gasteiger partial charge on any atom is -0.326 e. The summed E-state index contributed by atoms with van der Waals surface area (Å²) in [5, 5.41) is 2.06. The molecule has 0 fully saturated rings. The Morgan fingerprint density at radius 2 is 2.11 bits per heavy atom. The molecule has 3 nitrogen and oxygen atoms in total. The number of pyridine rings is 1. The molecule has 2 aromatic heterocycles. The van der Waals surface area contributed by atoms with Gasteiger partial charge in [0.05, 0.1) is 5.52 Å². The molecule has 1 aromatic carbocycles. The first kappa shape index (κ1) is 11.8. The Balaban J connectivity index is 2.26. The summed E-state index contributed by atoms with van der Waals surface area (Å²) >= 11 is 5.16. The van der Waals surface area contributed by atoms with Crippen molar-refractivity contribution in [1.29, 1.82) is 0 Å². The molecule has 0 aliphatic heterocycles. The maximum absolute atomic E-state index is 5.63. The van der Waals surface area contributed by atoms with Crippen LogP contribution in [0.4, 0.5) is 0 Å². The smallest absolute Gasteiger partial charge is 0.125 e. The van der Waals surface area contributed by atoms with E-state index < -0.39 is 0 Å². The van der Waals surface area contributed by atoms with Gasteiger partial charge in [-0.15, -0.1) is 11.3 Å². The molecule has 18 heavy (non-hydrogen) atoms. The second kappa shape index (κ2) is 4.76. The van der Waals surface area contributed by atoms with Crippen LogP contribution in [-0.4, -0.2) is 9.97 Å². The van der Waals surface area contributed by atoms with E-state index in [4.69, 9.17) is 5.73 Å². The molecule has 0 aliphatic carbocycles. The first-order chi connectivity index (χ1) is 8.79. The largest absolute Gasteiger partial charge is 0.326 e. The van der Waals surface area contributed by atoms with Crippen LogP contribution in [0.5, 0.6) is 0 Å². The third-order valence-electron chi connectivity index (χ3n) is 2.70. The maximum Gasteiger partial charge on any atom is 0.125 e. The van der Waals surface area contributed by atoms with Crippen molar-refractivity contribution in [1.82, 2.24) is 9.97 Å². The van der Waals surface area contributed by atoms with Crippen LogP contribution in [0, 0.1) is 0 Å². The number of thiazole rings is 1. The quantitative estimate of drug-likeness (QED) is 0.785. The Bertz CT molecular complexity index is 708. The molecule has 0 radical (unpaired) electrons. The zero-order valence-electron chi connectivity index (χ0n) is 9.43. The van der Waals surface area contributed by atoms with E-state index in [1.165, 1.54) is 0 Å². The van der Waals surface area contributed by atoms with Crippen molar-refractivity contribution in [2.45, 2.75) is 6.54 Å². The Morgan fingerprint density at radius 1 is 1.22 bits per heavy atom. The van der Waals surface area contributed by atoms with Gasteiger partial charge in [-0.3, -0.25) is 4.98 Å². The van der Waals surface area contributed by atoms with E-state index in [1.807, 2.05) is 30.5 Å². The van der Waals surface area contributed by atoms with E-state index in [9.17, 15) is 0 Å². The van der Waals surface area contributed by atoms with E-state index in [2.05, 4.69) is 25.9 Å². The van der Waals surface area contributed by atoms with E-state index >= 15 is 0 Å². The number of hydrogen-bond acceptors (Lipinski definition) is 4. The molecule has 90 valence electrons. The summed E-state index contributed by atoms with van der Waals surface area (Å²) in [6.07, 6.45) is 3.63. The van der Waals surface area contributed by atoms with Crippen LogP contribution in [0.2, 0.25) is 0 Å². The number of rotatable bonds is 2. The van der Waals surface area contributed by atoms with E-state index in [0.717, 1.165) is 30.8 Å². The first-order valence-electron chi connectivity index (χ1n) is 5.48. The van der Waals surface area contributed by atoms with Gasteiger partial charge < -0.3 is 5.73 Å². The predicted molar refractivity (Wildman–Crippen MR) is 78.4 cm³/mol. The second-order valence-electron chi connectivity index (χ2n) is 3.83. The summed E-state index contributed by atoms with van der Waals surface area (Å²) in [7, 11) is 0. The molecule has 0 saturated carbocycles. The molecule has 0 saturated heterocycles. The molecule has 3 aromatic rings. The monoisotopic (exact) mass is 319 g/mol. The number of aromatic nitrogens is 2. The van der Waals surface area contributed by atoms with Gasteiger partial charge in [0.2, 0.25) is 0 Å². The van der Waals surface area contributed by atoms with Crippen molar-refractivity contribution >= 4 is 38.2 Å². The summed E-state index contributed by atoms with van der Waals surface area (Å²) in [5.41, 5.74) is 7.64. The van der Waals surface area contributed by atoms with E-state index in [1.54, 1.807) is 17.5 Å². The zero-order chi connectivity index (χ0) is 12.5. The number of hydrogen-bond donors (Lipinski definition) is 1. The summed E-state index contributed by atoms with van der Waals surface area (Å²) in [4.78, 5) is 9.96. The van der Waals surface area contributed by atoms with Crippen molar-refractivity contribution in [3.63, 3.8) is 0 Å². The second-order valence-corrected chi connectivity index (χ2v) is 5.80. The van der Waals surface area contributed by atoms with Gasteiger partial charge in [0.15, 0.2) is 0 Å². The van der Waals surface area contributed by atoms with Crippen LogP contribution in [0.1, 0.15) is 4.88 Å². The first-order valence-corrected chi connectivity index (χ1v) is 7.09. The molecule has 0 spiro atoms. The van der Waals surface area contributed by atoms with Gasteiger partial charge in [0, 0.05) is 39.2 Å². The molecule has 0 atom stereocenters. The van der Waals surface area contributed by atoms with Crippen LogP contribution < -0.4 is 5.73 Å². The number of nitrogens with zero attached hydrogens (tertiary/aromatic N) is 2. The molecule has 2 N–H and O–H groups in total. The van der Waals surface area contributed by atoms with Crippen LogP contribution in [0.15, 0.2) is 41.1 Å². The fraction of sp³-hybridized carbons (Fsp3) is 0.0769. The summed E-state index contributed by atoms with van der Waals surface area (Å²) in [6.45, 7) is 0.527. The fourth-order valence-electron chi connectivity index (χ4n) is 1.84. The Hall–Kier alpha value is -1.30. The average molecular weight is 320 g/mol. The van der Waals surface area contributed by atoms with Gasteiger partial charge in [-0.2, -0.15) is 0 Å². The number of fused-ring (bicyclic) bond motifs is 1. The molecular formula is C13H10BrN3S. The van der Waals surface area contributed by atoms with Gasteiger partial charge in [0.1, 0.15) is 5.01 Å². The van der Waals surface area contributed by atoms with Gasteiger partial charge in [-0.05, 0) is 18.2 Å². The van der Waals surface area contributed by atoms with Gasteiger partial charge >= 0.3 is 0 Å². The van der Waals surface area contributed by atoms with E-state index in [-0.39, 0.29) is 0 Å². The van der Waals surface area contributed by atoms with Crippen molar-refractivity contribution in [3.05, 3.63) is 46.0 Å². The van der Waals surface area contributed by atoms with Crippen molar-refractivity contribution in [2.75, 3.05) is 0 Å². The van der Waals surface area contributed by atoms with Gasteiger partial charge in [0.25, 0.3) is 0 Å². The topological polar surface area (TPSA) is 51.8 Å². The lowest BCUT2D eigenvalue weighted by atomic mass is 10.1. The highest BCUT2D eigenvalue weighted by atomic mass is 79.9. The summed E-state index contributed by atoms with van der Waals surface area (Å²) in [6, 6.07) is 8.05. The lowest BCUT2D eigenvalue weighted by Gasteiger charge is -2.04. The standard InChI is InChI=1S/C13H10BrN3S/c14-11-4-3-10(12-9(11)2-1-5-16-12)13-17-7-8(6-15)18-13/h1-5,7H,6,15H2. The molecule has 2 heterocycles. The Labute approximate surface area is 117 Å². The third-order valence-corrected chi connectivity index (χ3v) is 4.45. The van der Waals surface area contributed by atoms with Crippen molar-refractivity contribution in [2.24, 2.45) is 5.73 Å². The van der Waals surface area contributed by atoms with Crippen LogP contribution in [-0.2, 0) is 6.54 Å². The summed E-state index contributed by atoms with van der Waals surface area (Å²) in [5.74, 6) is 0. The highest BCUT2D eigenvalue weighted by Crippen LogP contribution is 2.33. The molecule has 0 amide bonds. The van der Waals surface area contributed by atoms with Gasteiger partial charge in [-0.25, -0.2) is 4.98 Å². The molecule has 0 unspecified atom stereocenters. The van der Waals surface area contributed by atoms with Crippen molar-refractivity contribution < 1.29 is 0 Å². The van der Waals surface area contributed by atoms with Crippen LogP contribution in [0.3, 0.4) is 0 Å². The zero-order valence-corrected chi connectivity index (χ0v) is 11.8. The highest BCUT2D eigenvalue weighted by Gasteiger charge is 2.10. The fourth-order valence-corrected chi connectivity index (χ4v) is 3.11. The SMILES string of the molecule is NCc1cnc(-c2ccc(Br)c3cccnc23)s1. The predicted octanol–water partition coefficient (Wildman–Crippen LogP) is 3.58.